The molecule has 5 nitrogen and oxygen atoms in total. The Kier molecular flexibility index (Phi) is 3.08. The van der Waals surface area contributed by atoms with Gasteiger partial charge >= 0.3 is 5.76 Å². The molecule has 1 aromatic rings. The van der Waals surface area contributed by atoms with Crippen molar-refractivity contribution >= 4 is 12.4 Å². The molecule has 2 fully saturated rings. The first-order chi connectivity index (χ1) is 7.72. The van der Waals surface area contributed by atoms with Gasteiger partial charge in [-0.05, 0) is 24.7 Å². The maximum Gasteiger partial charge on any atom is 0.438 e. The maximum atomic E-state index is 11.0. The maximum absolute atomic E-state index is 11.0. The largest absolute Gasteiger partial charge is 0.438 e. The van der Waals surface area contributed by atoms with Gasteiger partial charge in [-0.2, -0.15) is 0 Å². The number of nitrogens with two attached hydrogens (primary N) is 1. The minimum absolute atomic E-state index is 0. The Bertz CT molecular complexity index is 450. The minimum Gasteiger partial charge on any atom is -0.329 e. The van der Waals surface area contributed by atoms with Crippen molar-refractivity contribution in [2.75, 3.05) is 6.54 Å². The molecule has 1 heterocycles. The highest BCUT2D eigenvalue weighted by atomic mass is 35.5. The summed E-state index contributed by atoms with van der Waals surface area (Å²) in [6.45, 7) is 0.551. The second-order valence-corrected chi connectivity index (χ2v) is 5.25. The van der Waals surface area contributed by atoms with Crippen LogP contribution in [0.15, 0.2) is 9.32 Å². The van der Waals surface area contributed by atoms with Crippen molar-refractivity contribution in [3.05, 3.63) is 16.4 Å². The summed E-state index contributed by atoms with van der Waals surface area (Å²) in [4.78, 5) is 13.7. The van der Waals surface area contributed by atoms with E-state index in [0.717, 1.165) is 6.42 Å². The Labute approximate surface area is 106 Å². The van der Waals surface area contributed by atoms with Crippen LogP contribution in [0.5, 0.6) is 0 Å². The van der Waals surface area contributed by atoms with Crippen LogP contribution in [0.25, 0.3) is 0 Å². The summed E-state index contributed by atoms with van der Waals surface area (Å²) >= 11 is 0. The van der Waals surface area contributed by atoms with E-state index in [2.05, 4.69) is 14.7 Å². The summed E-state index contributed by atoms with van der Waals surface area (Å²) in [5.41, 5.74) is 6.09. The Balaban J connectivity index is 0.00000108. The lowest BCUT2D eigenvalue weighted by molar-refractivity contribution is 0.280. The minimum atomic E-state index is -0.472. The third-order valence-electron chi connectivity index (χ3n) is 4.58. The Morgan fingerprint density at radius 3 is 2.59 bits per heavy atom. The summed E-state index contributed by atoms with van der Waals surface area (Å²) in [5.74, 6) is 0.197. The highest BCUT2D eigenvalue weighted by Gasteiger charge is 2.68. The van der Waals surface area contributed by atoms with Crippen molar-refractivity contribution in [2.45, 2.75) is 43.9 Å². The summed E-state index contributed by atoms with van der Waals surface area (Å²) in [6, 6.07) is 0. The second-order valence-electron chi connectivity index (χ2n) is 5.25. The highest BCUT2D eigenvalue weighted by Crippen LogP contribution is 2.69. The van der Waals surface area contributed by atoms with E-state index in [1.165, 1.54) is 32.1 Å². The molecule has 2 saturated carbocycles. The molecule has 3 N–H and O–H groups in total. The normalized spacial score (nSPS) is 29.9. The van der Waals surface area contributed by atoms with Gasteiger partial charge < -0.3 is 5.73 Å². The third kappa shape index (κ3) is 1.64. The fraction of sp³-hybridized carbons (Fsp3) is 0.818. The van der Waals surface area contributed by atoms with Crippen LogP contribution in [0.1, 0.15) is 44.3 Å². The zero-order valence-electron chi connectivity index (χ0n) is 9.70. The second kappa shape index (κ2) is 4.14. The van der Waals surface area contributed by atoms with Gasteiger partial charge in [0.05, 0.1) is 5.41 Å². The molecule has 17 heavy (non-hydrogen) atoms. The quantitative estimate of drug-likeness (QED) is 0.839. The number of aromatic amines is 1. The number of H-pyrrole nitrogens is 1. The zero-order valence-corrected chi connectivity index (χ0v) is 10.5. The van der Waals surface area contributed by atoms with E-state index in [-0.39, 0.29) is 17.8 Å². The highest BCUT2D eigenvalue weighted by molar-refractivity contribution is 5.85. The zero-order chi connectivity index (χ0) is 11.2. The van der Waals surface area contributed by atoms with Crippen molar-refractivity contribution < 1.29 is 4.52 Å². The van der Waals surface area contributed by atoms with Gasteiger partial charge in [-0.3, -0.25) is 9.51 Å². The molecule has 0 aliphatic heterocycles. The van der Waals surface area contributed by atoms with Gasteiger partial charge in [0.2, 0.25) is 0 Å². The van der Waals surface area contributed by atoms with Gasteiger partial charge in [-0.25, -0.2) is 4.79 Å². The molecule has 1 atom stereocenters. The first kappa shape index (κ1) is 12.6. The fourth-order valence-corrected chi connectivity index (χ4v) is 3.57. The number of nitrogens with one attached hydrogen (secondary N) is 1. The smallest absolute Gasteiger partial charge is 0.329 e. The van der Waals surface area contributed by atoms with Crippen LogP contribution in [0.4, 0.5) is 0 Å². The summed E-state index contributed by atoms with van der Waals surface area (Å²) in [7, 11) is 0. The Morgan fingerprint density at radius 2 is 2.06 bits per heavy atom. The number of hydrogen-bond donors (Lipinski definition) is 2. The Morgan fingerprint density at radius 1 is 1.35 bits per heavy atom. The van der Waals surface area contributed by atoms with E-state index >= 15 is 0 Å². The van der Waals surface area contributed by atoms with Gasteiger partial charge in [-0.1, -0.05) is 24.4 Å². The van der Waals surface area contributed by atoms with Gasteiger partial charge in [-0.15, -0.1) is 12.4 Å². The monoisotopic (exact) mass is 259 g/mol. The van der Waals surface area contributed by atoms with Crippen LogP contribution < -0.4 is 11.5 Å². The first-order valence-electron chi connectivity index (χ1n) is 5.99. The topological polar surface area (TPSA) is 84.9 Å². The summed E-state index contributed by atoms with van der Waals surface area (Å²) < 4.78 is 4.61. The standard InChI is InChI=1S/C11H17N3O2.ClH/c12-7-11(8-13-9(15)16-14-8)6-10(11)4-2-1-3-5-10;/h1-7,12H2,(H,13,14,15);1H. The van der Waals surface area contributed by atoms with Crippen LogP contribution in [-0.2, 0) is 5.41 Å². The molecule has 0 amide bonds. The van der Waals surface area contributed by atoms with Gasteiger partial charge in [0.15, 0.2) is 5.82 Å². The average Bonchev–Trinajstić information content (AvgIpc) is 2.69. The first-order valence-corrected chi connectivity index (χ1v) is 5.99. The molecule has 2 aliphatic carbocycles. The lowest BCUT2D eigenvalue weighted by Crippen LogP contribution is -2.30. The molecule has 0 saturated heterocycles. The molecule has 1 aromatic heterocycles. The number of rotatable bonds is 2. The molecule has 0 radical (unpaired) electrons. The fourth-order valence-electron chi connectivity index (χ4n) is 3.57. The van der Waals surface area contributed by atoms with Crippen LogP contribution in [0.2, 0.25) is 0 Å². The average molecular weight is 260 g/mol. The van der Waals surface area contributed by atoms with Gasteiger partial charge in [0, 0.05) is 6.54 Å². The van der Waals surface area contributed by atoms with E-state index in [1.54, 1.807) is 0 Å². The molecule has 1 spiro atoms. The van der Waals surface area contributed by atoms with E-state index in [9.17, 15) is 4.79 Å². The van der Waals surface area contributed by atoms with E-state index in [1.807, 2.05) is 0 Å². The molecule has 3 rings (SSSR count). The Hall–Kier alpha value is -0.810. The SMILES string of the molecule is Cl.NCC1(c2noc(=O)[nH]2)CC12CCCCC2. The van der Waals surface area contributed by atoms with Crippen molar-refractivity contribution in [1.82, 2.24) is 10.1 Å². The van der Waals surface area contributed by atoms with Gasteiger partial charge in [0.1, 0.15) is 0 Å². The van der Waals surface area contributed by atoms with E-state index in [4.69, 9.17) is 5.73 Å². The van der Waals surface area contributed by atoms with E-state index < -0.39 is 5.76 Å². The molecule has 96 valence electrons. The molecule has 6 heteroatoms. The summed E-state index contributed by atoms with van der Waals surface area (Å²) in [6.07, 6.45) is 7.32. The van der Waals surface area contributed by atoms with Crippen molar-refractivity contribution in [3.63, 3.8) is 0 Å². The lowest BCUT2D eigenvalue weighted by Gasteiger charge is -2.26. The number of nitrogens with zero attached hydrogens (tertiary/aromatic N) is 1. The summed E-state index contributed by atoms with van der Waals surface area (Å²) in [5, 5.41) is 3.85. The van der Waals surface area contributed by atoms with Crippen LogP contribution in [0.3, 0.4) is 0 Å². The molecular formula is C11H18ClN3O2. The van der Waals surface area contributed by atoms with E-state index in [0.29, 0.717) is 17.8 Å². The predicted octanol–water partition coefficient (Wildman–Crippen LogP) is 1.34. The lowest BCUT2D eigenvalue weighted by atomic mass is 9.79. The van der Waals surface area contributed by atoms with Gasteiger partial charge in [0.25, 0.3) is 0 Å². The van der Waals surface area contributed by atoms with Crippen molar-refractivity contribution in [1.29, 1.82) is 0 Å². The molecular weight excluding hydrogens is 242 g/mol. The molecule has 0 aromatic carbocycles. The van der Waals surface area contributed by atoms with Crippen molar-refractivity contribution in [3.8, 4) is 0 Å². The molecule has 1 unspecified atom stereocenters. The number of hydrogen-bond acceptors (Lipinski definition) is 4. The molecule has 0 bridgehead atoms. The third-order valence-corrected chi connectivity index (χ3v) is 4.58. The number of halogens is 1. The molecule has 2 aliphatic rings. The van der Waals surface area contributed by atoms with Crippen molar-refractivity contribution in [2.24, 2.45) is 11.1 Å². The predicted molar refractivity (Wildman–Crippen MR) is 65.2 cm³/mol. The number of aromatic nitrogens is 2. The van der Waals surface area contributed by atoms with Crippen LogP contribution in [-0.4, -0.2) is 16.7 Å². The van der Waals surface area contributed by atoms with Crippen LogP contribution in [0, 0.1) is 5.41 Å². The van der Waals surface area contributed by atoms with Crippen LogP contribution >= 0.6 is 12.4 Å².